The molecule has 0 aliphatic carbocycles. The molecule has 25 heavy (non-hydrogen) atoms. The van der Waals surface area contributed by atoms with Gasteiger partial charge >= 0.3 is 5.97 Å². The number of aliphatic carboxylic acids is 1. The predicted octanol–water partition coefficient (Wildman–Crippen LogP) is 1.83. The molecule has 0 saturated heterocycles. The van der Waals surface area contributed by atoms with Crippen LogP contribution in [0.2, 0.25) is 0 Å². The molecule has 10 heteroatoms. The number of hydrogen-bond donors (Lipinski definition) is 3. The van der Waals surface area contributed by atoms with Crippen LogP contribution in [0.15, 0.2) is 36.4 Å². The van der Waals surface area contributed by atoms with Gasteiger partial charge in [-0.05, 0) is 35.7 Å². The number of nitro groups is 2. The highest BCUT2D eigenvalue weighted by Gasteiger charge is 2.24. The van der Waals surface area contributed by atoms with Gasteiger partial charge in [0, 0.05) is 6.07 Å². The maximum absolute atomic E-state index is 11.3. The third-order valence-corrected chi connectivity index (χ3v) is 3.53. The molecular weight excluding hydrogens is 334 g/mol. The Balaban J connectivity index is 2.64. The Morgan fingerprint density at radius 1 is 1.08 bits per heavy atom. The third-order valence-electron chi connectivity index (χ3n) is 3.53. The molecule has 0 aromatic heterocycles. The zero-order valence-electron chi connectivity index (χ0n) is 12.7. The lowest BCUT2D eigenvalue weighted by molar-refractivity contribution is -0.393. The van der Waals surface area contributed by atoms with Crippen molar-refractivity contribution < 1.29 is 24.9 Å². The number of phenolic OH excluding ortho intramolecular Hbond substituents is 1. The summed E-state index contributed by atoms with van der Waals surface area (Å²) in [5, 5.41) is 40.8. The molecule has 130 valence electrons. The minimum atomic E-state index is -1.25. The Morgan fingerprint density at radius 2 is 1.76 bits per heavy atom. The van der Waals surface area contributed by atoms with Gasteiger partial charge in [0.25, 0.3) is 11.4 Å². The highest BCUT2D eigenvalue weighted by molar-refractivity contribution is 5.80. The first-order chi connectivity index (χ1) is 11.7. The molecular formula is C15H13N3O7. The Kier molecular flexibility index (Phi) is 4.94. The van der Waals surface area contributed by atoms with Gasteiger partial charge in [0.1, 0.15) is 11.8 Å². The van der Waals surface area contributed by atoms with Crippen molar-refractivity contribution in [1.29, 1.82) is 0 Å². The van der Waals surface area contributed by atoms with Crippen LogP contribution in [0, 0.1) is 20.2 Å². The van der Waals surface area contributed by atoms with Gasteiger partial charge in [-0.25, -0.2) is 0 Å². The number of nitrogens with two attached hydrogens (primary N) is 1. The Bertz CT molecular complexity index is 866. The van der Waals surface area contributed by atoms with Gasteiger partial charge in [0.15, 0.2) is 0 Å². The van der Waals surface area contributed by atoms with Crippen molar-refractivity contribution in [2.75, 3.05) is 0 Å². The van der Waals surface area contributed by atoms with E-state index in [1.165, 1.54) is 24.3 Å². The number of rotatable bonds is 6. The fraction of sp³-hybridized carbons (Fsp3) is 0.133. The van der Waals surface area contributed by atoms with Crippen LogP contribution >= 0.6 is 0 Å². The summed E-state index contributed by atoms with van der Waals surface area (Å²) in [4.78, 5) is 31.5. The fourth-order valence-electron chi connectivity index (χ4n) is 2.33. The van der Waals surface area contributed by atoms with E-state index in [0.717, 1.165) is 12.1 Å². The van der Waals surface area contributed by atoms with Gasteiger partial charge in [-0.15, -0.1) is 0 Å². The summed E-state index contributed by atoms with van der Waals surface area (Å²) in [5.41, 5.74) is 5.06. The van der Waals surface area contributed by atoms with E-state index in [0.29, 0.717) is 5.56 Å². The van der Waals surface area contributed by atoms with E-state index in [4.69, 9.17) is 10.8 Å². The lowest BCUT2D eigenvalue weighted by Gasteiger charge is -2.13. The van der Waals surface area contributed by atoms with E-state index in [1.807, 2.05) is 0 Å². The van der Waals surface area contributed by atoms with E-state index in [9.17, 15) is 30.1 Å². The number of nitrogens with zero attached hydrogens (tertiary/aromatic N) is 2. The number of benzene rings is 2. The van der Waals surface area contributed by atoms with Crippen molar-refractivity contribution in [2.24, 2.45) is 5.73 Å². The predicted molar refractivity (Wildman–Crippen MR) is 86.2 cm³/mol. The summed E-state index contributed by atoms with van der Waals surface area (Å²) < 4.78 is 0. The van der Waals surface area contributed by atoms with Gasteiger partial charge in [-0.1, -0.05) is 6.07 Å². The van der Waals surface area contributed by atoms with Gasteiger partial charge in [0.05, 0.1) is 21.5 Å². The summed E-state index contributed by atoms with van der Waals surface area (Å²) in [6.07, 6.45) is -0.140. The number of non-ortho nitro benzene ring substituents is 1. The van der Waals surface area contributed by atoms with E-state index >= 15 is 0 Å². The number of aromatic hydroxyl groups is 1. The number of hydrogen-bond acceptors (Lipinski definition) is 7. The van der Waals surface area contributed by atoms with Crippen molar-refractivity contribution in [1.82, 2.24) is 0 Å². The summed E-state index contributed by atoms with van der Waals surface area (Å²) in [6.45, 7) is 0. The molecule has 0 amide bonds. The molecule has 0 aliphatic heterocycles. The molecule has 10 nitrogen and oxygen atoms in total. The standard InChI is InChI=1S/C15H13N3O7/c16-13(15(20)21)5-8-1-3-10(19)7-12(8)11-4-2-9(17(22)23)6-14(11)18(24)25/h1-4,6-7,13,19H,5,16H2,(H,20,21)/t13-/m0/s1. The highest BCUT2D eigenvalue weighted by Crippen LogP contribution is 2.37. The first-order valence-electron chi connectivity index (χ1n) is 6.94. The molecule has 2 rings (SSSR count). The molecule has 2 aromatic carbocycles. The number of carboxylic acids is 1. The summed E-state index contributed by atoms with van der Waals surface area (Å²) in [7, 11) is 0. The zero-order chi connectivity index (χ0) is 18.7. The van der Waals surface area contributed by atoms with Crippen molar-refractivity contribution in [2.45, 2.75) is 12.5 Å². The number of nitro benzene ring substituents is 2. The first-order valence-corrected chi connectivity index (χ1v) is 6.94. The quantitative estimate of drug-likeness (QED) is 0.524. The Morgan fingerprint density at radius 3 is 2.32 bits per heavy atom. The van der Waals surface area contributed by atoms with E-state index in [-0.39, 0.29) is 23.3 Å². The summed E-state index contributed by atoms with van der Waals surface area (Å²) >= 11 is 0. The number of carboxylic acid groups (broad SMARTS) is 1. The van der Waals surface area contributed by atoms with Gasteiger partial charge < -0.3 is 15.9 Å². The van der Waals surface area contributed by atoms with E-state index in [1.54, 1.807) is 0 Å². The van der Waals surface area contributed by atoms with Crippen molar-refractivity contribution in [3.05, 3.63) is 62.2 Å². The monoisotopic (exact) mass is 347 g/mol. The van der Waals surface area contributed by atoms with Crippen molar-refractivity contribution in [3.8, 4) is 16.9 Å². The molecule has 0 heterocycles. The fourth-order valence-corrected chi connectivity index (χ4v) is 2.33. The molecule has 4 N–H and O–H groups in total. The van der Waals surface area contributed by atoms with Crippen LogP contribution in [0.1, 0.15) is 5.56 Å². The van der Waals surface area contributed by atoms with Gasteiger partial charge in [-0.3, -0.25) is 25.0 Å². The number of phenols is 1. The topological polar surface area (TPSA) is 170 Å². The van der Waals surface area contributed by atoms with Crippen LogP contribution < -0.4 is 5.73 Å². The lowest BCUT2D eigenvalue weighted by Crippen LogP contribution is -2.32. The molecule has 0 fully saturated rings. The van der Waals surface area contributed by atoms with Gasteiger partial charge in [-0.2, -0.15) is 0 Å². The summed E-state index contributed by atoms with van der Waals surface area (Å²) in [5.74, 6) is -1.45. The second-order valence-corrected chi connectivity index (χ2v) is 5.21. The molecule has 2 aromatic rings. The molecule has 0 spiro atoms. The largest absolute Gasteiger partial charge is 0.508 e. The third kappa shape index (κ3) is 3.87. The van der Waals surface area contributed by atoms with Crippen molar-refractivity contribution >= 4 is 17.3 Å². The average Bonchev–Trinajstić information content (AvgIpc) is 2.55. The second-order valence-electron chi connectivity index (χ2n) is 5.21. The molecule has 0 radical (unpaired) electrons. The first kappa shape index (κ1) is 17.8. The van der Waals surface area contributed by atoms with Gasteiger partial charge in [0.2, 0.25) is 0 Å². The minimum absolute atomic E-state index is 0.0130. The average molecular weight is 347 g/mol. The smallest absolute Gasteiger partial charge is 0.320 e. The van der Waals surface area contributed by atoms with Crippen LogP contribution in [-0.4, -0.2) is 32.1 Å². The molecule has 0 aliphatic rings. The molecule has 0 saturated carbocycles. The van der Waals surface area contributed by atoms with Crippen LogP contribution in [0.4, 0.5) is 11.4 Å². The lowest BCUT2D eigenvalue weighted by atomic mass is 9.93. The Hall–Kier alpha value is -3.53. The van der Waals surface area contributed by atoms with Crippen LogP contribution in [0.3, 0.4) is 0 Å². The van der Waals surface area contributed by atoms with Crippen LogP contribution in [-0.2, 0) is 11.2 Å². The molecule has 0 unspecified atom stereocenters. The normalized spacial score (nSPS) is 11.7. The SMILES string of the molecule is N[C@@H](Cc1ccc(O)cc1-c1ccc([N+](=O)[O-])cc1[N+](=O)[O-])C(=O)O. The minimum Gasteiger partial charge on any atom is -0.508 e. The van der Waals surface area contributed by atoms with E-state index in [2.05, 4.69) is 0 Å². The molecule has 0 bridgehead atoms. The molecule has 1 atom stereocenters. The highest BCUT2D eigenvalue weighted by atomic mass is 16.6. The number of carbonyl (C=O) groups is 1. The maximum atomic E-state index is 11.3. The zero-order valence-corrected chi connectivity index (χ0v) is 12.7. The van der Waals surface area contributed by atoms with Crippen LogP contribution in [0.5, 0.6) is 5.75 Å². The van der Waals surface area contributed by atoms with Crippen molar-refractivity contribution in [3.63, 3.8) is 0 Å². The Labute approximate surface area is 140 Å². The van der Waals surface area contributed by atoms with E-state index < -0.39 is 33.2 Å². The summed E-state index contributed by atoms with van der Waals surface area (Å²) in [6, 6.07) is 5.75. The van der Waals surface area contributed by atoms with Crippen LogP contribution in [0.25, 0.3) is 11.1 Å². The maximum Gasteiger partial charge on any atom is 0.320 e. The second kappa shape index (κ2) is 6.93.